The van der Waals surface area contributed by atoms with E-state index in [1.165, 1.54) is 35.6 Å². The smallest absolute Gasteiger partial charge is 0.229 e. The van der Waals surface area contributed by atoms with E-state index in [0.29, 0.717) is 27.6 Å². The Balaban J connectivity index is 1.66. The van der Waals surface area contributed by atoms with Crippen LogP contribution in [0.2, 0.25) is 0 Å². The highest BCUT2D eigenvalue weighted by atomic mass is 32.1. The van der Waals surface area contributed by atoms with Gasteiger partial charge in [-0.05, 0) is 42.0 Å². The summed E-state index contributed by atoms with van der Waals surface area (Å²) in [5.41, 5.74) is 1.84. The normalized spacial score (nSPS) is 11.0. The Kier molecular flexibility index (Phi) is 4.22. The Hall–Kier alpha value is -3.06. The highest BCUT2D eigenvalue weighted by Gasteiger charge is 2.17. The molecule has 0 bridgehead atoms. The number of carbonyl (C=O) groups excluding carboxylic acids is 1. The zero-order valence-corrected chi connectivity index (χ0v) is 14.3. The fourth-order valence-electron chi connectivity index (χ4n) is 2.72. The Morgan fingerprint density at radius 1 is 1.12 bits per heavy atom. The molecule has 130 valence electrons. The second-order valence-corrected chi connectivity index (χ2v) is 6.60. The average Bonchev–Trinajstić information content (AvgIpc) is 3.18. The molecule has 4 nitrogen and oxygen atoms in total. The van der Waals surface area contributed by atoms with Gasteiger partial charge >= 0.3 is 0 Å². The summed E-state index contributed by atoms with van der Waals surface area (Å²) in [6.07, 6.45) is 1.84. The third-order valence-electron chi connectivity index (χ3n) is 3.89. The lowest BCUT2D eigenvalue weighted by Crippen LogP contribution is -2.16. The predicted molar refractivity (Wildman–Crippen MR) is 97.2 cm³/mol. The van der Waals surface area contributed by atoms with E-state index in [4.69, 9.17) is 0 Å². The van der Waals surface area contributed by atoms with E-state index in [9.17, 15) is 13.6 Å². The first-order valence-corrected chi connectivity index (χ1v) is 8.74. The van der Waals surface area contributed by atoms with Gasteiger partial charge in [0.2, 0.25) is 5.91 Å². The summed E-state index contributed by atoms with van der Waals surface area (Å²) in [6, 6.07) is 11.9. The molecule has 0 fully saturated rings. The third-order valence-corrected chi connectivity index (χ3v) is 4.65. The van der Waals surface area contributed by atoms with Gasteiger partial charge in [0.25, 0.3) is 0 Å². The zero-order valence-electron chi connectivity index (χ0n) is 13.4. The first-order valence-electron chi connectivity index (χ1n) is 7.86. The second kappa shape index (κ2) is 6.68. The van der Waals surface area contributed by atoms with Crippen LogP contribution in [0.5, 0.6) is 0 Å². The van der Waals surface area contributed by atoms with Crippen molar-refractivity contribution in [3.8, 4) is 11.3 Å². The van der Waals surface area contributed by atoms with E-state index in [-0.39, 0.29) is 24.0 Å². The number of anilines is 1. The third kappa shape index (κ3) is 3.21. The van der Waals surface area contributed by atoms with Crippen molar-refractivity contribution in [2.75, 3.05) is 5.32 Å². The highest BCUT2D eigenvalue weighted by molar-refractivity contribution is 7.15. The van der Waals surface area contributed by atoms with Gasteiger partial charge in [0.15, 0.2) is 4.96 Å². The molecule has 0 saturated heterocycles. The first-order chi connectivity index (χ1) is 12.6. The van der Waals surface area contributed by atoms with Crippen molar-refractivity contribution in [1.29, 1.82) is 0 Å². The molecule has 0 spiro atoms. The van der Waals surface area contributed by atoms with Gasteiger partial charge in [-0.25, -0.2) is 13.8 Å². The molecular weight excluding hydrogens is 356 g/mol. The van der Waals surface area contributed by atoms with Crippen molar-refractivity contribution in [2.45, 2.75) is 6.42 Å². The van der Waals surface area contributed by atoms with Crippen LogP contribution in [0.15, 0.2) is 60.1 Å². The largest absolute Gasteiger partial charge is 0.310 e. The van der Waals surface area contributed by atoms with Crippen LogP contribution in [0.3, 0.4) is 0 Å². The van der Waals surface area contributed by atoms with E-state index < -0.39 is 0 Å². The summed E-state index contributed by atoms with van der Waals surface area (Å²) in [6.45, 7) is 0. The van der Waals surface area contributed by atoms with Crippen molar-refractivity contribution in [2.24, 2.45) is 0 Å². The average molecular weight is 369 g/mol. The summed E-state index contributed by atoms with van der Waals surface area (Å²) >= 11 is 1.43. The van der Waals surface area contributed by atoms with Crippen molar-refractivity contribution >= 4 is 28.0 Å². The summed E-state index contributed by atoms with van der Waals surface area (Å²) in [5.74, 6) is -0.500. The molecule has 0 aliphatic rings. The molecule has 2 aromatic heterocycles. The van der Waals surface area contributed by atoms with E-state index in [1.54, 1.807) is 34.9 Å². The van der Waals surface area contributed by atoms with E-state index in [2.05, 4.69) is 10.3 Å². The lowest BCUT2D eigenvalue weighted by Gasteiger charge is -2.07. The summed E-state index contributed by atoms with van der Waals surface area (Å²) in [4.78, 5) is 17.7. The second-order valence-electron chi connectivity index (χ2n) is 5.73. The van der Waals surface area contributed by atoms with Gasteiger partial charge in [0.1, 0.15) is 23.1 Å². The number of hydrogen-bond acceptors (Lipinski definition) is 3. The van der Waals surface area contributed by atoms with Gasteiger partial charge in [-0.15, -0.1) is 11.3 Å². The van der Waals surface area contributed by atoms with Gasteiger partial charge in [-0.1, -0.05) is 12.1 Å². The monoisotopic (exact) mass is 369 g/mol. The van der Waals surface area contributed by atoms with Crippen LogP contribution < -0.4 is 5.32 Å². The Morgan fingerprint density at radius 2 is 1.92 bits per heavy atom. The number of rotatable bonds is 4. The van der Waals surface area contributed by atoms with Crippen LogP contribution in [0.1, 0.15) is 5.56 Å². The van der Waals surface area contributed by atoms with Gasteiger partial charge in [-0.2, -0.15) is 0 Å². The molecule has 0 saturated carbocycles. The minimum atomic E-state index is -0.383. The number of carbonyl (C=O) groups is 1. The van der Waals surface area contributed by atoms with E-state index >= 15 is 0 Å². The van der Waals surface area contributed by atoms with Gasteiger partial charge in [0, 0.05) is 17.1 Å². The van der Waals surface area contributed by atoms with Crippen molar-refractivity contribution in [1.82, 2.24) is 9.38 Å². The molecule has 0 radical (unpaired) electrons. The van der Waals surface area contributed by atoms with Gasteiger partial charge < -0.3 is 5.32 Å². The Bertz CT molecular complexity index is 1090. The number of nitrogens with one attached hydrogen (secondary N) is 1. The summed E-state index contributed by atoms with van der Waals surface area (Å²) < 4.78 is 28.3. The topological polar surface area (TPSA) is 46.4 Å². The Morgan fingerprint density at radius 3 is 2.69 bits per heavy atom. The van der Waals surface area contributed by atoms with E-state index in [1.807, 2.05) is 5.38 Å². The lowest BCUT2D eigenvalue weighted by atomic mass is 10.1. The summed E-state index contributed by atoms with van der Waals surface area (Å²) in [7, 11) is 0. The van der Waals surface area contributed by atoms with Gasteiger partial charge in [-0.3, -0.25) is 9.20 Å². The number of aromatic nitrogens is 2. The number of thiazole rings is 1. The molecule has 0 aliphatic heterocycles. The maximum Gasteiger partial charge on any atom is 0.229 e. The number of fused-ring (bicyclic) bond motifs is 1. The molecule has 2 heterocycles. The van der Waals surface area contributed by atoms with Gasteiger partial charge in [0.05, 0.1) is 6.42 Å². The SMILES string of the molecule is O=C(Cc1cccc(F)c1)Nc1c(-c2ccc(F)cc2)nc2sccn12. The molecule has 2 aromatic carbocycles. The van der Waals surface area contributed by atoms with Crippen molar-refractivity contribution in [3.63, 3.8) is 0 Å². The van der Waals surface area contributed by atoms with E-state index in [0.717, 1.165) is 0 Å². The van der Waals surface area contributed by atoms with Crippen LogP contribution in [0.4, 0.5) is 14.6 Å². The fraction of sp³-hybridized carbons (Fsp3) is 0.0526. The molecule has 4 rings (SSSR count). The predicted octanol–water partition coefficient (Wildman–Crippen LogP) is 4.52. The molecule has 26 heavy (non-hydrogen) atoms. The molecule has 0 atom stereocenters. The first kappa shape index (κ1) is 16.4. The number of halogens is 2. The maximum absolute atomic E-state index is 13.3. The quantitative estimate of drug-likeness (QED) is 0.575. The molecule has 1 amide bonds. The van der Waals surface area contributed by atoms with Crippen LogP contribution in [0, 0.1) is 11.6 Å². The minimum Gasteiger partial charge on any atom is -0.310 e. The molecule has 0 unspecified atom stereocenters. The number of hydrogen-bond donors (Lipinski definition) is 1. The zero-order chi connectivity index (χ0) is 18.1. The number of amides is 1. The maximum atomic E-state index is 13.3. The number of imidazole rings is 1. The highest BCUT2D eigenvalue weighted by Crippen LogP contribution is 2.31. The lowest BCUT2D eigenvalue weighted by molar-refractivity contribution is -0.115. The molecular formula is C19H13F2N3OS. The number of benzene rings is 2. The molecule has 1 N–H and O–H groups in total. The minimum absolute atomic E-state index is 0.0397. The number of nitrogens with zero attached hydrogens (tertiary/aromatic N) is 2. The Labute approximate surface area is 151 Å². The molecule has 7 heteroatoms. The van der Waals surface area contributed by atoms with Crippen LogP contribution >= 0.6 is 11.3 Å². The van der Waals surface area contributed by atoms with Crippen LogP contribution in [-0.4, -0.2) is 15.3 Å². The standard InChI is InChI=1S/C19H13F2N3OS/c20-14-6-4-13(5-7-14)17-18(24-8-9-26-19(24)23-17)22-16(25)11-12-2-1-3-15(21)10-12/h1-10H,11H2,(H,22,25). The molecule has 0 aliphatic carbocycles. The molecule has 4 aromatic rings. The van der Waals surface area contributed by atoms with Crippen LogP contribution in [0.25, 0.3) is 16.2 Å². The van der Waals surface area contributed by atoms with Crippen LogP contribution in [-0.2, 0) is 11.2 Å². The van der Waals surface area contributed by atoms with Crippen molar-refractivity contribution in [3.05, 3.63) is 77.3 Å². The summed E-state index contributed by atoms with van der Waals surface area (Å²) in [5, 5.41) is 4.71. The fourth-order valence-corrected chi connectivity index (χ4v) is 3.44. The van der Waals surface area contributed by atoms with Crippen molar-refractivity contribution < 1.29 is 13.6 Å².